The number of likely N-dealkylation sites (tertiary alicyclic amines) is 1. The second-order valence-corrected chi connectivity index (χ2v) is 12.1. The molecule has 8 heteroatoms. The average Bonchev–Trinajstić information content (AvgIpc) is 3.66. The van der Waals surface area contributed by atoms with Crippen molar-refractivity contribution in [3.8, 4) is 5.75 Å². The highest BCUT2D eigenvalue weighted by molar-refractivity contribution is 9.10. The first-order valence-electron chi connectivity index (χ1n) is 13.5. The summed E-state index contributed by atoms with van der Waals surface area (Å²) in [6, 6.07) is 11.9. The number of halogens is 1. The van der Waals surface area contributed by atoms with E-state index in [2.05, 4.69) is 26.1 Å². The predicted molar refractivity (Wildman–Crippen MR) is 145 cm³/mol. The molecule has 1 aromatic heterocycles. The molecule has 1 N–H and O–H groups in total. The molecule has 2 saturated carbocycles. The molecule has 2 aliphatic carbocycles. The first-order chi connectivity index (χ1) is 18.0. The minimum Gasteiger partial charge on any atom is -0.490 e. The quantitative estimate of drug-likeness (QED) is 0.474. The maximum absolute atomic E-state index is 14.1. The lowest BCUT2D eigenvalue weighted by molar-refractivity contribution is -0.132. The van der Waals surface area contributed by atoms with Crippen molar-refractivity contribution in [3.63, 3.8) is 0 Å². The number of H-pyrrole nitrogens is 1. The summed E-state index contributed by atoms with van der Waals surface area (Å²) in [5.41, 5.74) is 2.31. The number of hydrogen-bond acceptors (Lipinski definition) is 4. The summed E-state index contributed by atoms with van der Waals surface area (Å²) in [4.78, 5) is 31.2. The molecule has 7 nitrogen and oxygen atoms in total. The van der Waals surface area contributed by atoms with E-state index in [1.165, 1.54) is 19.3 Å². The van der Waals surface area contributed by atoms with Crippen molar-refractivity contribution < 1.29 is 14.3 Å². The first kappa shape index (κ1) is 23.3. The monoisotopic (exact) mass is 562 g/mol. The van der Waals surface area contributed by atoms with Crippen molar-refractivity contribution in [2.24, 2.45) is 11.8 Å². The van der Waals surface area contributed by atoms with E-state index in [0.717, 1.165) is 58.3 Å². The number of anilines is 1. The third-order valence-electron chi connectivity index (χ3n) is 9.29. The van der Waals surface area contributed by atoms with Crippen molar-refractivity contribution in [1.82, 2.24) is 15.1 Å². The van der Waals surface area contributed by atoms with Crippen LogP contribution in [-0.4, -0.2) is 52.6 Å². The van der Waals surface area contributed by atoms with Gasteiger partial charge >= 0.3 is 0 Å². The van der Waals surface area contributed by atoms with Crippen molar-refractivity contribution in [3.05, 3.63) is 52.6 Å². The Morgan fingerprint density at radius 1 is 1.11 bits per heavy atom. The van der Waals surface area contributed by atoms with E-state index in [9.17, 15) is 9.59 Å². The summed E-state index contributed by atoms with van der Waals surface area (Å²) in [6.07, 6.45) is 8.58. The molecule has 1 spiro atoms. The Morgan fingerprint density at radius 3 is 2.68 bits per heavy atom. The number of nitrogens with zero attached hydrogens (tertiary/aromatic N) is 3. The molecule has 192 valence electrons. The third-order valence-corrected chi connectivity index (χ3v) is 9.95. The van der Waals surface area contributed by atoms with Crippen molar-refractivity contribution in [1.29, 1.82) is 0 Å². The molecular weight excluding hydrogens is 532 g/mol. The van der Waals surface area contributed by atoms with Crippen LogP contribution in [0.2, 0.25) is 0 Å². The molecule has 2 unspecified atom stereocenters. The maximum atomic E-state index is 14.1. The Kier molecular flexibility index (Phi) is 5.57. The lowest BCUT2D eigenvalue weighted by atomic mass is 9.69. The number of aromatic nitrogens is 2. The molecule has 2 amide bonds. The zero-order valence-corrected chi connectivity index (χ0v) is 22.4. The molecule has 4 aliphatic rings. The Hall–Kier alpha value is -2.87. The summed E-state index contributed by atoms with van der Waals surface area (Å²) in [5.74, 6) is 2.28. The van der Waals surface area contributed by atoms with E-state index in [1.54, 1.807) is 11.1 Å². The molecular formula is C29H31BrN4O3. The second-order valence-electron chi connectivity index (χ2n) is 11.3. The van der Waals surface area contributed by atoms with Gasteiger partial charge in [0.05, 0.1) is 23.2 Å². The number of carbonyl (C=O) groups is 2. The highest BCUT2D eigenvalue weighted by Gasteiger charge is 2.54. The summed E-state index contributed by atoms with van der Waals surface area (Å²) in [6.45, 7) is 1.84. The van der Waals surface area contributed by atoms with Gasteiger partial charge in [0.15, 0.2) is 0 Å². The summed E-state index contributed by atoms with van der Waals surface area (Å²) in [5, 5.41) is 8.08. The van der Waals surface area contributed by atoms with Crippen LogP contribution in [0.4, 0.5) is 5.69 Å². The van der Waals surface area contributed by atoms with Crippen LogP contribution in [0.5, 0.6) is 5.75 Å². The van der Waals surface area contributed by atoms with Crippen LogP contribution in [0, 0.1) is 11.8 Å². The Bertz CT molecular complexity index is 1370. The fraction of sp³-hybridized carbons (Fsp3) is 0.483. The van der Waals surface area contributed by atoms with Gasteiger partial charge in [0, 0.05) is 34.2 Å². The highest BCUT2D eigenvalue weighted by Crippen LogP contribution is 2.53. The van der Waals surface area contributed by atoms with E-state index >= 15 is 0 Å². The Balaban J connectivity index is 1.09. The topological polar surface area (TPSA) is 78.5 Å². The minimum absolute atomic E-state index is 0.0494. The van der Waals surface area contributed by atoms with Crippen molar-refractivity contribution >= 4 is 44.3 Å². The second kappa shape index (κ2) is 8.86. The molecule has 7 rings (SSSR count). The van der Waals surface area contributed by atoms with Gasteiger partial charge in [-0.25, -0.2) is 0 Å². The van der Waals surface area contributed by atoms with Crippen LogP contribution in [0.3, 0.4) is 0 Å². The lowest BCUT2D eigenvalue weighted by Gasteiger charge is -2.37. The van der Waals surface area contributed by atoms with Crippen LogP contribution in [0.15, 0.2) is 47.1 Å². The Morgan fingerprint density at radius 2 is 1.89 bits per heavy atom. The molecule has 0 bridgehead atoms. The smallest absolute Gasteiger partial charge is 0.242 e. The molecule has 2 aliphatic heterocycles. The number of fused-ring (bicyclic) bond motifs is 4. The molecule has 37 heavy (non-hydrogen) atoms. The fourth-order valence-corrected chi connectivity index (χ4v) is 8.10. The van der Waals surface area contributed by atoms with Gasteiger partial charge in [-0.2, -0.15) is 5.10 Å². The van der Waals surface area contributed by atoms with E-state index in [0.29, 0.717) is 24.7 Å². The van der Waals surface area contributed by atoms with Crippen molar-refractivity contribution in [2.45, 2.75) is 56.5 Å². The molecule has 2 aromatic carbocycles. The number of rotatable bonds is 4. The van der Waals surface area contributed by atoms with Gasteiger partial charge < -0.3 is 14.5 Å². The van der Waals surface area contributed by atoms with E-state index in [-0.39, 0.29) is 24.5 Å². The number of aromatic amines is 1. The number of carbonyl (C=O) groups excluding carboxylic acids is 2. The summed E-state index contributed by atoms with van der Waals surface area (Å²) >= 11 is 3.75. The van der Waals surface area contributed by atoms with E-state index in [1.807, 2.05) is 41.3 Å². The van der Waals surface area contributed by atoms with Crippen LogP contribution >= 0.6 is 15.9 Å². The van der Waals surface area contributed by atoms with Crippen LogP contribution < -0.4 is 9.64 Å². The first-order valence-corrected chi connectivity index (χ1v) is 14.3. The zero-order valence-electron chi connectivity index (χ0n) is 20.8. The van der Waals surface area contributed by atoms with Gasteiger partial charge in [-0.05, 0) is 80.7 Å². The van der Waals surface area contributed by atoms with Gasteiger partial charge in [0.1, 0.15) is 12.3 Å². The lowest BCUT2D eigenvalue weighted by Crippen LogP contribution is -2.47. The summed E-state index contributed by atoms with van der Waals surface area (Å²) in [7, 11) is 0. The van der Waals surface area contributed by atoms with E-state index in [4.69, 9.17) is 4.74 Å². The molecule has 0 radical (unpaired) electrons. The van der Waals surface area contributed by atoms with Gasteiger partial charge in [-0.1, -0.05) is 28.4 Å². The predicted octanol–water partition coefficient (Wildman–Crippen LogP) is 5.19. The zero-order chi connectivity index (χ0) is 25.1. The van der Waals surface area contributed by atoms with Gasteiger partial charge in [-0.15, -0.1) is 0 Å². The Labute approximate surface area is 224 Å². The molecule has 1 saturated heterocycles. The van der Waals surface area contributed by atoms with Gasteiger partial charge in [0.2, 0.25) is 11.8 Å². The van der Waals surface area contributed by atoms with E-state index < -0.39 is 5.41 Å². The minimum atomic E-state index is -0.606. The SMILES string of the molecule is O=C(CN1C(=O)C2(CCC(Oc3ccc4[nH]ncc4c3)CC2)c2c(Br)cccc21)N1CC2CCCC2C1. The molecule has 3 heterocycles. The molecule has 3 fully saturated rings. The molecule has 3 aromatic rings. The largest absolute Gasteiger partial charge is 0.490 e. The van der Waals surface area contributed by atoms with Crippen molar-refractivity contribution in [2.75, 3.05) is 24.5 Å². The maximum Gasteiger partial charge on any atom is 0.242 e. The number of amides is 2. The number of nitrogens with one attached hydrogen (secondary N) is 1. The van der Waals surface area contributed by atoms with Gasteiger partial charge in [0.25, 0.3) is 0 Å². The molecule has 2 atom stereocenters. The standard InChI is InChI=1S/C29H31BrN4O3/c30-23-5-2-6-25-27(23)29(28(36)34(25)17-26(35)33-15-18-3-1-4-19(18)16-33)11-9-21(10-12-29)37-22-7-8-24-20(13-22)14-31-32-24/h2,5-8,13-14,18-19,21H,1,3-4,9-12,15-17H2,(H,31,32). The average molecular weight is 563 g/mol. The highest BCUT2D eigenvalue weighted by atomic mass is 79.9. The number of hydrogen-bond donors (Lipinski definition) is 1. The van der Waals surface area contributed by atoms with Crippen LogP contribution in [-0.2, 0) is 15.0 Å². The fourth-order valence-electron chi connectivity index (χ4n) is 7.37. The van der Waals surface area contributed by atoms with Crippen LogP contribution in [0.1, 0.15) is 50.5 Å². The normalized spacial score (nSPS) is 28.8. The number of benzene rings is 2. The number of ether oxygens (including phenoxy) is 1. The van der Waals surface area contributed by atoms with Crippen LogP contribution in [0.25, 0.3) is 10.9 Å². The summed E-state index contributed by atoms with van der Waals surface area (Å²) < 4.78 is 7.30. The van der Waals surface area contributed by atoms with Gasteiger partial charge in [-0.3, -0.25) is 14.7 Å². The third kappa shape index (κ3) is 3.78.